The molecule has 5 rings (SSSR count). The highest BCUT2D eigenvalue weighted by molar-refractivity contribution is 7.18. The Labute approximate surface area is 210 Å². The predicted molar refractivity (Wildman–Crippen MR) is 136 cm³/mol. The molecule has 176 valence electrons. The first-order chi connectivity index (χ1) is 17.0. The molecule has 0 aliphatic carbocycles. The van der Waals surface area contributed by atoms with Gasteiger partial charge in [0.15, 0.2) is 0 Å². The number of nitrogens with zero attached hydrogens (tertiary/aromatic N) is 2. The van der Waals surface area contributed by atoms with Gasteiger partial charge in [0.1, 0.15) is 22.3 Å². The Morgan fingerprint density at radius 2 is 1.91 bits per heavy atom. The van der Waals surface area contributed by atoms with E-state index in [1.165, 1.54) is 11.3 Å². The van der Waals surface area contributed by atoms with Gasteiger partial charge < -0.3 is 14.6 Å². The van der Waals surface area contributed by atoms with Gasteiger partial charge in [-0.2, -0.15) is 0 Å². The molecule has 2 heterocycles. The minimum absolute atomic E-state index is 0.0815. The molecule has 1 atom stereocenters. The highest BCUT2D eigenvalue weighted by Gasteiger charge is 2.26. The van der Waals surface area contributed by atoms with Gasteiger partial charge in [0.05, 0.1) is 17.4 Å². The van der Waals surface area contributed by atoms with E-state index in [9.17, 15) is 9.90 Å². The first-order valence-electron chi connectivity index (χ1n) is 10.8. The second kappa shape index (κ2) is 9.77. The lowest BCUT2D eigenvalue weighted by molar-refractivity contribution is 0.102. The van der Waals surface area contributed by atoms with Crippen LogP contribution < -0.4 is 14.8 Å². The molecule has 1 aliphatic rings. The van der Waals surface area contributed by atoms with Crippen molar-refractivity contribution < 1.29 is 19.4 Å². The number of ether oxygens (including phenoxy) is 2. The number of aliphatic hydroxyl groups is 1. The fourth-order valence-electron chi connectivity index (χ4n) is 3.76. The van der Waals surface area contributed by atoms with E-state index < -0.39 is 0 Å². The number of halogens is 1. The van der Waals surface area contributed by atoms with Gasteiger partial charge in [0, 0.05) is 28.7 Å². The molecule has 0 fully saturated rings. The van der Waals surface area contributed by atoms with Gasteiger partial charge in [0.2, 0.25) is 5.13 Å². The van der Waals surface area contributed by atoms with Gasteiger partial charge in [-0.3, -0.25) is 10.1 Å². The van der Waals surface area contributed by atoms with E-state index in [4.69, 9.17) is 21.1 Å². The molecule has 2 N–H and O–H groups in total. The molecule has 0 spiro atoms. The van der Waals surface area contributed by atoms with Crippen molar-refractivity contribution in [3.63, 3.8) is 0 Å². The normalized spacial score (nSPS) is 14.5. The number of aliphatic hydroxyl groups excluding tert-OH is 1. The van der Waals surface area contributed by atoms with Crippen molar-refractivity contribution in [3.05, 3.63) is 95.2 Å². The van der Waals surface area contributed by atoms with Gasteiger partial charge in [-0.05, 0) is 36.8 Å². The average molecular weight is 506 g/mol. The van der Waals surface area contributed by atoms with E-state index >= 15 is 0 Å². The number of carbonyl (C=O) groups is 1. The van der Waals surface area contributed by atoms with Crippen LogP contribution in [0.2, 0.25) is 5.02 Å². The molecule has 1 amide bonds. The third kappa shape index (κ3) is 4.99. The van der Waals surface area contributed by atoms with Crippen molar-refractivity contribution in [2.45, 2.75) is 12.3 Å². The summed E-state index contributed by atoms with van der Waals surface area (Å²) < 4.78 is 11.6. The van der Waals surface area contributed by atoms with Crippen molar-refractivity contribution in [2.24, 2.45) is 0 Å². The van der Waals surface area contributed by atoms with Crippen molar-refractivity contribution >= 4 is 34.0 Å². The lowest BCUT2D eigenvalue weighted by Crippen LogP contribution is -2.15. The molecule has 1 aromatic heterocycles. The van der Waals surface area contributed by atoms with Crippen LogP contribution in [0.4, 0.5) is 5.13 Å². The number of allylic oxidation sites excluding steroid dienone is 1. The smallest absolute Gasteiger partial charge is 0.257 e. The zero-order chi connectivity index (χ0) is 24.4. The number of rotatable bonds is 6. The summed E-state index contributed by atoms with van der Waals surface area (Å²) in [6, 6.07) is 19.7. The third-order valence-corrected chi connectivity index (χ3v) is 6.70. The van der Waals surface area contributed by atoms with Crippen LogP contribution in [0.15, 0.2) is 79.1 Å². The number of amides is 1. The van der Waals surface area contributed by atoms with Gasteiger partial charge in [-0.25, -0.2) is 0 Å². The van der Waals surface area contributed by atoms with Crippen molar-refractivity contribution in [1.82, 2.24) is 10.2 Å². The third-order valence-electron chi connectivity index (χ3n) is 5.52. The lowest BCUT2D eigenvalue weighted by atomic mass is 9.92. The van der Waals surface area contributed by atoms with E-state index in [0.717, 1.165) is 16.1 Å². The average Bonchev–Trinajstić information content (AvgIpc) is 3.33. The molecular weight excluding hydrogens is 486 g/mol. The number of fused-ring (bicyclic) bond motifs is 1. The number of aromatic nitrogens is 2. The van der Waals surface area contributed by atoms with E-state index in [1.807, 2.05) is 30.3 Å². The molecule has 1 unspecified atom stereocenters. The summed E-state index contributed by atoms with van der Waals surface area (Å²) >= 11 is 7.73. The monoisotopic (exact) mass is 505 g/mol. The van der Waals surface area contributed by atoms with E-state index in [-0.39, 0.29) is 17.6 Å². The summed E-state index contributed by atoms with van der Waals surface area (Å²) in [5, 5.41) is 22.4. The van der Waals surface area contributed by atoms with Crippen LogP contribution in [0.3, 0.4) is 0 Å². The maximum atomic E-state index is 12.7. The maximum absolute atomic E-state index is 12.7. The number of anilines is 1. The summed E-state index contributed by atoms with van der Waals surface area (Å²) in [6.07, 6.45) is 0.632. The Morgan fingerprint density at radius 3 is 2.66 bits per heavy atom. The van der Waals surface area contributed by atoms with Crippen LogP contribution in [-0.2, 0) is 0 Å². The van der Waals surface area contributed by atoms with Crippen LogP contribution in [0.1, 0.15) is 28.3 Å². The highest BCUT2D eigenvalue weighted by atomic mass is 35.5. The van der Waals surface area contributed by atoms with Crippen LogP contribution in [0.25, 0.3) is 10.6 Å². The lowest BCUT2D eigenvalue weighted by Gasteiger charge is -2.26. The van der Waals surface area contributed by atoms with Crippen molar-refractivity contribution in [2.75, 3.05) is 11.9 Å². The van der Waals surface area contributed by atoms with Gasteiger partial charge in [-0.15, -0.1) is 10.2 Å². The van der Waals surface area contributed by atoms with Crippen LogP contribution >= 0.6 is 22.9 Å². The second-order valence-corrected chi connectivity index (χ2v) is 9.25. The van der Waals surface area contributed by atoms with Gasteiger partial charge in [0.25, 0.3) is 5.91 Å². The molecule has 0 bridgehead atoms. The molecule has 7 nitrogen and oxygen atoms in total. The topological polar surface area (TPSA) is 93.6 Å². The minimum Gasteiger partial charge on any atom is -0.512 e. The molecule has 0 saturated heterocycles. The molecule has 0 saturated carbocycles. The quantitative estimate of drug-likeness (QED) is 0.278. The molecule has 4 aromatic rings. The Morgan fingerprint density at radius 1 is 1.14 bits per heavy atom. The molecule has 1 aliphatic heterocycles. The number of hydrogen-bond donors (Lipinski definition) is 2. The summed E-state index contributed by atoms with van der Waals surface area (Å²) in [5.41, 5.74) is 2.16. The molecular formula is C26H20ClN3O4S. The largest absolute Gasteiger partial charge is 0.512 e. The van der Waals surface area contributed by atoms with Gasteiger partial charge >= 0.3 is 0 Å². The zero-order valence-corrected chi connectivity index (χ0v) is 20.0. The molecule has 9 heteroatoms. The SMILES string of the molecule is C=C(O)C1CCOc2cc(Oc3ccc(C(=O)Nc4nnc(-c5ccccc5)s4)cc3)c(Cl)cc21. The number of benzene rings is 3. The highest BCUT2D eigenvalue weighted by Crippen LogP contribution is 2.43. The first kappa shape index (κ1) is 22.9. The fraction of sp³-hybridized carbons (Fsp3) is 0.115. The summed E-state index contributed by atoms with van der Waals surface area (Å²) in [4.78, 5) is 12.7. The Bertz CT molecular complexity index is 1390. The molecule has 0 radical (unpaired) electrons. The second-order valence-electron chi connectivity index (χ2n) is 7.86. The molecule has 3 aromatic carbocycles. The van der Waals surface area contributed by atoms with Crippen LogP contribution in [0, 0.1) is 0 Å². The van der Waals surface area contributed by atoms with Gasteiger partial charge in [-0.1, -0.05) is 59.8 Å². The Balaban J connectivity index is 1.27. The number of hydrogen-bond acceptors (Lipinski definition) is 7. The predicted octanol–water partition coefficient (Wildman–Crippen LogP) is 6.84. The van der Waals surface area contributed by atoms with E-state index in [2.05, 4.69) is 22.1 Å². The summed E-state index contributed by atoms with van der Waals surface area (Å²) in [5.74, 6) is 1.07. The van der Waals surface area contributed by atoms with Crippen molar-refractivity contribution in [3.8, 4) is 27.8 Å². The maximum Gasteiger partial charge on any atom is 0.257 e. The Hall–Kier alpha value is -3.88. The summed E-state index contributed by atoms with van der Waals surface area (Å²) in [7, 11) is 0. The van der Waals surface area contributed by atoms with Crippen LogP contribution in [0.5, 0.6) is 17.2 Å². The Kier molecular flexibility index (Phi) is 6.39. The molecule has 35 heavy (non-hydrogen) atoms. The minimum atomic E-state index is -0.303. The van der Waals surface area contributed by atoms with Crippen molar-refractivity contribution in [1.29, 1.82) is 0 Å². The van der Waals surface area contributed by atoms with E-state index in [1.54, 1.807) is 36.4 Å². The van der Waals surface area contributed by atoms with E-state index in [0.29, 0.717) is 46.0 Å². The number of nitrogens with one attached hydrogen (secondary N) is 1. The zero-order valence-electron chi connectivity index (χ0n) is 18.4. The van der Waals surface area contributed by atoms with Crippen LogP contribution in [-0.4, -0.2) is 27.8 Å². The summed E-state index contributed by atoms with van der Waals surface area (Å²) in [6.45, 7) is 4.11. The fourth-order valence-corrected chi connectivity index (χ4v) is 4.71. The standard InChI is InChI=1S/C26H20ClN3O4S/c1-15(31)19-11-12-33-22-14-23(21(27)13-20(19)22)34-18-9-7-16(8-10-18)24(32)28-26-30-29-25(35-26)17-5-3-2-4-6-17/h2-10,13-14,19,31H,1,11-12H2,(H,28,30,32). The first-order valence-corrected chi connectivity index (χ1v) is 12.0. The number of carbonyl (C=O) groups excluding carboxylic acids is 1.